The van der Waals surface area contributed by atoms with E-state index in [-0.39, 0.29) is 5.91 Å². The SMILES string of the molecule is C=CC(=O)Nc1cc(-c2cccc3cnc(Nc4ccc(N5CCN(C)CC5)nc4)nc23)ccn1. The minimum Gasteiger partial charge on any atom is -0.354 e. The Balaban J connectivity index is 1.39. The Bertz CT molecular complexity index is 1360. The monoisotopic (exact) mass is 466 g/mol. The smallest absolute Gasteiger partial charge is 0.248 e. The fourth-order valence-corrected chi connectivity index (χ4v) is 4.00. The van der Waals surface area contributed by atoms with Gasteiger partial charge in [0.05, 0.1) is 17.4 Å². The third kappa shape index (κ3) is 5.10. The third-order valence-corrected chi connectivity index (χ3v) is 5.95. The lowest BCUT2D eigenvalue weighted by Gasteiger charge is -2.33. The van der Waals surface area contributed by atoms with Crippen LogP contribution in [0.2, 0.25) is 0 Å². The standard InChI is InChI=1S/C26H26N8O/c1-3-24(35)31-22-15-18(9-10-27-22)21-6-4-5-19-16-29-26(32-25(19)21)30-20-7-8-23(28-17-20)34-13-11-33(2)12-14-34/h3-10,15-17H,1,11-14H2,2H3,(H,27,31,35)(H,29,30,32). The van der Waals surface area contributed by atoms with Gasteiger partial charge in [0.1, 0.15) is 11.6 Å². The minimum absolute atomic E-state index is 0.311. The molecule has 2 N–H and O–H groups in total. The molecular weight excluding hydrogens is 440 g/mol. The first-order chi connectivity index (χ1) is 17.1. The summed E-state index contributed by atoms with van der Waals surface area (Å²) in [6.45, 7) is 7.50. The molecule has 1 aromatic carbocycles. The maximum absolute atomic E-state index is 11.7. The molecule has 176 valence electrons. The Kier molecular flexibility index (Phi) is 6.32. The molecular formula is C26H26N8O. The van der Waals surface area contributed by atoms with Gasteiger partial charge < -0.3 is 20.4 Å². The molecule has 35 heavy (non-hydrogen) atoms. The average molecular weight is 467 g/mol. The van der Waals surface area contributed by atoms with Gasteiger partial charge in [-0.3, -0.25) is 4.79 Å². The molecule has 1 amide bonds. The molecule has 9 heteroatoms. The summed E-state index contributed by atoms with van der Waals surface area (Å²) in [5.41, 5.74) is 3.40. The molecule has 0 atom stereocenters. The summed E-state index contributed by atoms with van der Waals surface area (Å²) in [5.74, 6) is 1.59. The normalized spacial score (nSPS) is 14.0. The summed E-state index contributed by atoms with van der Waals surface area (Å²) in [7, 11) is 2.14. The Morgan fingerprint density at radius 1 is 1.03 bits per heavy atom. The van der Waals surface area contributed by atoms with Gasteiger partial charge >= 0.3 is 0 Å². The number of likely N-dealkylation sites (N-methyl/N-ethyl adjacent to an activating group) is 1. The van der Waals surface area contributed by atoms with Crippen molar-refractivity contribution in [2.45, 2.75) is 0 Å². The van der Waals surface area contributed by atoms with E-state index in [0.29, 0.717) is 11.8 Å². The maximum Gasteiger partial charge on any atom is 0.248 e. The van der Waals surface area contributed by atoms with Gasteiger partial charge in [-0.15, -0.1) is 0 Å². The second-order valence-corrected chi connectivity index (χ2v) is 8.38. The summed E-state index contributed by atoms with van der Waals surface area (Å²) in [6.07, 6.45) is 6.47. The van der Waals surface area contributed by atoms with Crippen LogP contribution in [0.3, 0.4) is 0 Å². The largest absolute Gasteiger partial charge is 0.354 e. The van der Waals surface area contributed by atoms with Crippen LogP contribution >= 0.6 is 0 Å². The van der Waals surface area contributed by atoms with Crippen molar-refractivity contribution < 1.29 is 4.79 Å². The molecule has 0 saturated carbocycles. The van der Waals surface area contributed by atoms with Gasteiger partial charge in [0.15, 0.2) is 0 Å². The highest BCUT2D eigenvalue weighted by atomic mass is 16.1. The van der Waals surface area contributed by atoms with Crippen LogP contribution < -0.4 is 15.5 Å². The first-order valence-electron chi connectivity index (χ1n) is 11.4. The average Bonchev–Trinajstić information content (AvgIpc) is 2.89. The third-order valence-electron chi connectivity index (χ3n) is 5.95. The molecule has 0 spiro atoms. The van der Waals surface area contributed by atoms with Crippen molar-refractivity contribution >= 4 is 40.1 Å². The number of hydrogen-bond acceptors (Lipinski definition) is 8. The number of amides is 1. The quantitative estimate of drug-likeness (QED) is 0.415. The van der Waals surface area contributed by atoms with Gasteiger partial charge in [-0.2, -0.15) is 0 Å². The highest BCUT2D eigenvalue weighted by molar-refractivity contribution is 5.99. The van der Waals surface area contributed by atoms with Crippen LogP contribution in [0, 0.1) is 0 Å². The van der Waals surface area contributed by atoms with Crippen LogP contribution in [-0.2, 0) is 4.79 Å². The maximum atomic E-state index is 11.7. The van der Waals surface area contributed by atoms with E-state index in [4.69, 9.17) is 4.98 Å². The number of piperazine rings is 1. The second kappa shape index (κ2) is 9.86. The van der Waals surface area contributed by atoms with Crippen LogP contribution in [0.15, 0.2) is 73.7 Å². The van der Waals surface area contributed by atoms with Crippen molar-refractivity contribution in [1.29, 1.82) is 0 Å². The van der Waals surface area contributed by atoms with Gasteiger partial charge in [-0.05, 0) is 43.0 Å². The van der Waals surface area contributed by atoms with Gasteiger partial charge in [-0.1, -0.05) is 24.8 Å². The highest BCUT2D eigenvalue weighted by Gasteiger charge is 2.15. The Morgan fingerprint density at radius 3 is 2.66 bits per heavy atom. The van der Waals surface area contributed by atoms with Gasteiger partial charge in [0.2, 0.25) is 11.9 Å². The topological polar surface area (TPSA) is 99.2 Å². The molecule has 1 saturated heterocycles. The van der Waals surface area contributed by atoms with Crippen molar-refractivity contribution in [2.24, 2.45) is 0 Å². The van der Waals surface area contributed by atoms with Crippen molar-refractivity contribution in [3.05, 3.63) is 73.7 Å². The lowest BCUT2D eigenvalue weighted by Crippen LogP contribution is -2.44. The fraction of sp³-hybridized carbons (Fsp3) is 0.192. The summed E-state index contributed by atoms with van der Waals surface area (Å²) in [6, 6.07) is 13.6. The molecule has 9 nitrogen and oxygen atoms in total. The molecule has 3 aromatic heterocycles. The number of benzene rings is 1. The summed E-state index contributed by atoms with van der Waals surface area (Å²) in [4.78, 5) is 34.4. The van der Waals surface area contributed by atoms with E-state index < -0.39 is 0 Å². The van der Waals surface area contributed by atoms with Crippen LogP contribution in [0.1, 0.15) is 0 Å². The number of pyridine rings is 2. The number of carbonyl (C=O) groups is 1. The van der Waals surface area contributed by atoms with Crippen molar-refractivity contribution in [3.8, 4) is 11.1 Å². The zero-order valence-corrected chi connectivity index (χ0v) is 19.5. The van der Waals surface area contributed by atoms with Crippen LogP contribution in [0.5, 0.6) is 0 Å². The number of rotatable bonds is 6. The Hall–Kier alpha value is -4.37. The molecule has 0 bridgehead atoms. The second-order valence-electron chi connectivity index (χ2n) is 8.38. The summed E-state index contributed by atoms with van der Waals surface area (Å²) >= 11 is 0. The zero-order valence-electron chi connectivity index (χ0n) is 19.5. The predicted octanol–water partition coefficient (Wildman–Crippen LogP) is 3.71. The molecule has 5 rings (SSSR count). The molecule has 4 aromatic rings. The highest BCUT2D eigenvalue weighted by Crippen LogP contribution is 2.29. The molecule has 1 aliphatic rings. The lowest BCUT2D eigenvalue weighted by atomic mass is 10.0. The van der Waals surface area contributed by atoms with Crippen LogP contribution in [-0.4, -0.2) is 64.0 Å². The van der Waals surface area contributed by atoms with Gasteiger partial charge in [-0.25, -0.2) is 19.9 Å². The van der Waals surface area contributed by atoms with Crippen LogP contribution in [0.4, 0.5) is 23.3 Å². The number of carbonyl (C=O) groups excluding carboxylic acids is 1. The van der Waals surface area contributed by atoms with E-state index in [0.717, 1.165) is 59.7 Å². The summed E-state index contributed by atoms with van der Waals surface area (Å²) < 4.78 is 0. The van der Waals surface area contributed by atoms with Crippen molar-refractivity contribution in [3.63, 3.8) is 0 Å². The van der Waals surface area contributed by atoms with Crippen LogP contribution in [0.25, 0.3) is 22.0 Å². The Morgan fingerprint density at radius 2 is 1.89 bits per heavy atom. The molecule has 1 fully saturated rings. The number of anilines is 4. The number of fused-ring (bicyclic) bond motifs is 1. The van der Waals surface area contributed by atoms with Gasteiger partial charge in [0, 0.05) is 49.5 Å². The molecule has 1 aliphatic heterocycles. The molecule has 0 unspecified atom stereocenters. The predicted molar refractivity (Wildman–Crippen MR) is 139 cm³/mol. The van der Waals surface area contributed by atoms with E-state index in [1.54, 1.807) is 12.4 Å². The number of para-hydroxylation sites is 1. The van der Waals surface area contributed by atoms with Crippen molar-refractivity contribution in [1.82, 2.24) is 24.8 Å². The molecule has 0 radical (unpaired) electrons. The number of hydrogen-bond donors (Lipinski definition) is 2. The first kappa shape index (κ1) is 22.4. The number of nitrogens with zero attached hydrogens (tertiary/aromatic N) is 6. The fourth-order valence-electron chi connectivity index (χ4n) is 4.00. The Labute approximate surface area is 203 Å². The minimum atomic E-state index is -0.311. The molecule has 0 aliphatic carbocycles. The van der Waals surface area contributed by atoms with E-state index in [1.807, 2.05) is 48.7 Å². The lowest BCUT2D eigenvalue weighted by molar-refractivity contribution is -0.111. The number of nitrogens with one attached hydrogen (secondary N) is 2. The van der Waals surface area contributed by atoms with E-state index >= 15 is 0 Å². The number of aromatic nitrogens is 4. The van der Waals surface area contributed by atoms with E-state index in [2.05, 4.69) is 49.0 Å². The van der Waals surface area contributed by atoms with E-state index in [1.165, 1.54) is 6.08 Å². The first-order valence-corrected chi connectivity index (χ1v) is 11.4. The zero-order chi connectivity index (χ0) is 24.2. The van der Waals surface area contributed by atoms with E-state index in [9.17, 15) is 4.79 Å². The summed E-state index contributed by atoms with van der Waals surface area (Å²) in [5, 5.41) is 6.87. The molecule has 4 heterocycles. The van der Waals surface area contributed by atoms with Gasteiger partial charge in [0.25, 0.3) is 0 Å². The van der Waals surface area contributed by atoms with Crippen molar-refractivity contribution in [2.75, 3.05) is 48.8 Å².